The van der Waals surface area contributed by atoms with Crippen LogP contribution in [0.4, 0.5) is 0 Å². The van der Waals surface area contributed by atoms with E-state index in [1.165, 1.54) is 13.5 Å². The molecule has 1 aliphatic carbocycles. The van der Waals surface area contributed by atoms with Gasteiger partial charge in [0, 0.05) is 16.6 Å². The van der Waals surface area contributed by atoms with Crippen molar-refractivity contribution in [1.82, 2.24) is 5.32 Å². The molecule has 0 spiro atoms. The molecule has 0 aliphatic heterocycles. The smallest absolute Gasteiger partial charge is 0.311 e. The van der Waals surface area contributed by atoms with E-state index < -0.39 is 12.1 Å². The predicted octanol–water partition coefficient (Wildman–Crippen LogP) is 3.76. The van der Waals surface area contributed by atoms with Crippen LogP contribution in [0.3, 0.4) is 0 Å². The molecule has 1 aromatic carbocycles. The van der Waals surface area contributed by atoms with E-state index >= 15 is 0 Å². The Morgan fingerprint density at radius 3 is 2.73 bits per heavy atom. The molecule has 1 N–H and O–H groups in total. The molecule has 1 amide bonds. The van der Waals surface area contributed by atoms with Crippen molar-refractivity contribution in [2.24, 2.45) is 11.8 Å². The molecule has 1 saturated carbocycles. The maximum atomic E-state index is 12.4. The van der Waals surface area contributed by atoms with Crippen molar-refractivity contribution in [3.63, 3.8) is 0 Å². The third-order valence-electron chi connectivity index (χ3n) is 5.29. The number of hydrogen-bond acceptors (Lipinski definition) is 4. The van der Waals surface area contributed by atoms with E-state index in [1.54, 1.807) is 25.1 Å². The molecule has 0 radical (unpaired) electrons. The van der Waals surface area contributed by atoms with Crippen molar-refractivity contribution in [1.29, 1.82) is 0 Å². The lowest BCUT2D eigenvalue weighted by Gasteiger charge is -2.35. The van der Waals surface area contributed by atoms with Gasteiger partial charge in [-0.25, -0.2) is 0 Å². The van der Waals surface area contributed by atoms with Gasteiger partial charge in [0.15, 0.2) is 6.10 Å². The lowest BCUT2D eigenvalue weighted by molar-refractivity contribution is -0.154. The van der Waals surface area contributed by atoms with Gasteiger partial charge in [0.1, 0.15) is 5.75 Å². The SMILES string of the molecule is COc1ccc(Cl)cc1CC(=O)O[C@H](C)C(=O)N[C@H]1CCC[C@@H](C)[C@@H]1C. The number of nitrogens with one attached hydrogen (secondary N) is 1. The van der Waals surface area contributed by atoms with Gasteiger partial charge in [-0.1, -0.05) is 38.3 Å². The largest absolute Gasteiger partial charge is 0.496 e. The second kappa shape index (κ2) is 9.26. The maximum absolute atomic E-state index is 12.4. The summed E-state index contributed by atoms with van der Waals surface area (Å²) in [5, 5.41) is 3.55. The number of hydrogen-bond donors (Lipinski definition) is 1. The van der Waals surface area contributed by atoms with Crippen molar-refractivity contribution in [3.8, 4) is 5.75 Å². The Balaban J connectivity index is 1.90. The first-order valence-corrected chi connectivity index (χ1v) is 9.52. The van der Waals surface area contributed by atoms with Crippen molar-refractivity contribution in [2.45, 2.75) is 58.6 Å². The fourth-order valence-corrected chi connectivity index (χ4v) is 3.61. The van der Waals surface area contributed by atoms with Gasteiger partial charge in [-0.15, -0.1) is 0 Å². The standard InChI is InChI=1S/C20H28ClNO4/c1-12-6-5-7-17(13(12)2)22-20(24)14(3)26-19(23)11-15-10-16(21)8-9-18(15)25-4/h8-10,12-14,17H,5-7,11H2,1-4H3,(H,22,24)/t12-,13+,14-,17+/m1/s1. The van der Waals surface area contributed by atoms with E-state index in [9.17, 15) is 9.59 Å². The minimum Gasteiger partial charge on any atom is -0.496 e. The first-order valence-electron chi connectivity index (χ1n) is 9.14. The number of amides is 1. The molecule has 0 unspecified atom stereocenters. The zero-order chi connectivity index (χ0) is 19.3. The van der Waals surface area contributed by atoms with Crippen LogP contribution in [0.15, 0.2) is 18.2 Å². The van der Waals surface area contributed by atoms with Gasteiger partial charge in [-0.3, -0.25) is 9.59 Å². The summed E-state index contributed by atoms with van der Waals surface area (Å²) in [6.45, 7) is 5.97. The zero-order valence-corrected chi connectivity index (χ0v) is 16.6. The molecule has 0 aromatic heterocycles. The van der Waals surface area contributed by atoms with Crippen LogP contribution in [0, 0.1) is 11.8 Å². The molecule has 6 heteroatoms. The number of esters is 1. The highest BCUT2D eigenvalue weighted by Crippen LogP contribution is 2.29. The van der Waals surface area contributed by atoms with Gasteiger partial charge in [-0.05, 0) is 43.4 Å². The number of halogens is 1. The van der Waals surface area contributed by atoms with E-state index in [1.807, 2.05) is 0 Å². The van der Waals surface area contributed by atoms with Crippen LogP contribution in [0.5, 0.6) is 5.75 Å². The van der Waals surface area contributed by atoms with Gasteiger partial charge >= 0.3 is 5.97 Å². The van der Waals surface area contributed by atoms with Crippen molar-refractivity contribution < 1.29 is 19.1 Å². The molecule has 144 valence electrons. The summed E-state index contributed by atoms with van der Waals surface area (Å²) < 4.78 is 10.5. The van der Waals surface area contributed by atoms with Crippen LogP contribution in [0.25, 0.3) is 0 Å². The molecule has 0 saturated heterocycles. The quantitative estimate of drug-likeness (QED) is 0.762. The summed E-state index contributed by atoms with van der Waals surface area (Å²) in [4.78, 5) is 24.6. The maximum Gasteiger partial charge on any atom is 0.311 e. The van der Waals surface area contributed by atoms with Gasteiger partial charge < -0.3 is 14.8 Å². The molecule has 5 nitrogen and oxygen atoms in total. The molecule has 26 heavy (non-hydrogen) atoms. The Hall–Kier alpha value is -1.75. The first kappa shape index (κ1) is 20.6. The molecular formula is C20H28ClNO4. The lowest BCUT2D eigenvalue weighted by atomic mass is 9.78. The number of carbonyl (C=O) groups is 2. The Labute approximate surface area is 160 Å². The average molecular weight is 382 g/mol. The highest BCUT2D eigenvalue weighted by molar-refractivity contribution is 6.30. The van der Waals surface area contributed by atoms with E-state index in [2.05, 4.69) is 19.2 Å². The third-order valence-corrected chi connectivity index (χ3v) is 5.52. The number of benzene rings is 1. The van der Waals surface area contributed by atoms with Crippen LogP contribution in [-0.2, 0) is 20.7 Å². The average Bonchev–Trinajstić information content (AvgIpc) is 2.59. The fourth-order valence-electron chi connectivity index (χ4n) is 3.42. The minimum atomic E-state index is -0.836. The van der Waals surface area contributed by atoms with Gasteiger partial charge in [0.05, 0.1) is 13.5 Å². The van der Waals surface area contributed by atoms with Gasteiger partial charge in [-0.2, -0.15) is 0 Å². The van der Waals surface area contributed by atoms with Crippen molar-refractivity contribution in [3.05, 3.63) is 28.8 Å². The van der Waals surface area contributed by atoms with Gasteiger partial charge in [0.2, 0.25) is 0 Å². The molecule has 4 atom stereocenters. The monoisotopic (exact) mass is 381 g/mol. The summed E-state index contributed by atoms with van der Waals surface area (Å²) >= 11 is 5.98. The highest BCUT2D eigenvalue weighted by Gasteiger charge is 2.30. The molecule has 0 heterocycles. The number of rotatable bonds is 6. The van der Waals surface area contributed by atoms with Gasteiger partial charge in [0.25, 0.3) is 5.91 Å². The lowest BCUT2D eigenvalue weighted by Crippen LogP contribution is -2.47. The summed E-state index contributed by atoms with van der Waals surface area (Å²) in [5.41, 5.74) is 0.632. The van der Waals surface area contributed by atoms with Crippen LogP contribution in [0.2, 0.25) is 5.02 Å². The highest BCUT2D eigenvalue weighted by atomic mass is 35.5. The number of ether oxygens (including phenoxy) is 2. The Morgan fingerprint density at radius 2 is 2.04 bits per heavy atom. The Morgan fingerprint density at radius 1 is 1.31 bits per heavy atom. The molecule has 1 aliphatic rings. The second-order valence-corrected chi connectivity index (χ2v) is 7.58. The topological polar surface area (TPSA) is 64.6 Å². The summed E-state index contributed by atoms with van der Waals surface area (Å²) in [6, 6.07) is 5.20. The normalized spacial score (nSPS) is 23.8. The minimum absolute atomic E-state index is 0.00177. The van der Waals surface area contributed by atoms with Crippen LogP contribution >= 0.6 is 11.6 Å². The predicted molar refractivity (Wildman–Crippen MR) is 101 cm³/mol. The van der Waals surface area contributed by atoms with Crippen LogP contribution in [-0.4, -0.2) is 31.1 Å². The van der Waals surface area contributed by atoms with Crippen LogP contribution < -0.4 is 10.1 Å². The molecule has 1 fully saturated rings. The Kier molecular flexibility index (Phi) is 7.33. The molecule has 2 rings (SSSR count). The molecule has 0 bridgehead atoms. The fraction of sp³-hybridized carbons (Fsp3) is 0.600. The second-order valence-electron chi connectivity index (χ2n) is 7.15. The summed E-state index contributed by atoms with van der Waals surface area (Å²) in [5.74, 6) is 0.836. The van der Waals surface area contributed by atoms with E-state index in [4.69, 9.17) is 21.1 Å². The first-order chi connectivity index (χ1) is 12.3. The number of carbonyl (C=O) groups excluding carboxylic acids is 2. The number of methoxy groups -OCH3 is 1. The zero-order valence-electron chi connectivity index (χ0n) is 15.9. The van der Waals surface area contributed by atoms with E-state index in [0.717, 1.165) is 12.8 Å². The Bertz CT molecular complexity index is 649. The van der Waals surface area contributed by atoms with Crippen molar-refractivity contribution >= 4 is 23.5 Å². The third kappa shape index (κ3) is 5.37. The molecule has 1 aromatic rings. The van der Waals surface area contributed by atoms with Crippen LogP contribution in [0.1, 0.15) is 45.6 Å². The van der Waals surface area contributed by atoms with Crippen molar-refractivity contribution in [2.75, 3.05) is 7.11 Å². The summed E-state index contributed by atoms with van der Waals surface area (Å²) in [6.07, 6.45) is 2.44. The van der Waals surface area contributed by atoms with E-state index in [-0.39, 0.29) is 18.4 Å². The molecular weight excluding hydrogens is 354 g/mol. The summed E-state index contributed by atoms with van der Waals surface area (Å²) in [7, 11) is 1.53. The van der Waals surface area contributed by atoms with E-state index in [0.29, 0.717) is 28.2 Å².